The van der Waals surface area contributed by atoms with Crippen molar-refractivity contribution in [3.05, 3.63) is 83.7 Å². The first-order valence-electron chi connectivity index (χ1n) is 8.28. The number of hydrogen-bond acceptors (Lipinski definition) is 4. The lowest BCUT2D eigenvalue weighted by Crippen LogP contribution is -2.17. The molecule has 1 aromatic heterocycles. The number of ether oxygens (including phenoxy) is 1. The lowest BCUT2D eigenvalue weighted by Gasteiger charge is -2.07. The fourth-order valence-corrected chi connectivity index (χ4v) is 2.91. The summed E-state index contributed by atoms with van der Waals surface area (Å²) < 4.78 is 10.7. The van der Waals surface area contributed by atoms with Gasteiger partial charge in [-0.25, -0.2) is 0 Å². The number of nitrogens with one attached hydrogen (secondary N) is 1. The van der Waals surface area contributed by atoms with Crippen LogP contribution in [0.2, 0.25) is 0 Å². The van der Waals surface area contributed by atoms with Crippen LogP contribution in [0, 0.1) is 0 Å². The molecule has 122 valence electrons. The van der Waals surface area contributed by atoms with Crippen molar-refractivity contribution in [3.8, 4) is 5.75 Å². The fraction of sp³-hybridized carbons (Fsp3) is 0.250. The molecule has 2 aromatic carbocycles. The SMILES string of the molecule is c1ccc(COc2ccc([C@@H]3C[C@H]3NCc3ccon3)cc2)cc1. The Balaban J connectivity index is 1.27. The molecular weight excluding hydrogens is 300 g/mol. The van der Waals surface area contributed by atoms with Gasteiger partial charge in [-0.2, -0.15) is 0 Å². The van der Waals surface area contributed by atoms with Crippen LogP contribution >= 0.6 is 0 Å². The summed E-state index contributed by atoms with van der Waals surface area (Å²) in [5.41, 5.74) is 3.49. The maximum absolute atomic E-state index is 5.84. The highest BCUT2D eigenvalue weighted by atomic mass is 16.5. The second-order valence-corrected chi connectivity index (χ2v) is 6.16. The average Bonchev–Trinajstić information content (AvgIpc) is 3.23. The Labute approximate surface area is 141 Å². The quantitative estimate of drug-likeness (QED) is 0.717. The first-order chi connectivity index (χ1) is 11.9. The van der Waals surface area contributed by atoms with Crippen LogP contribution in [-0.4, -0.2) is 11.2 Å². The summed E-state index contributed by atoms with van der Waals surface area (Å²) in [6, 6.07) is 21.1. The number of hydrogen-bond donors (Lipinski definition) is 1. The van der Waals surface area contributed by atoms with Gasteiger partial charge in [-0.05, 0) is 29.7 Å². The molecule has 0 aliphatic heterocycles. The molecule has 4 rings (SSSR count). The molecule has 0 spiro atoms. The van der Waals surface area contributed by atoms with Crippen LogP contribution in [0.15, 0.2) is 71.4 Å². The van der Waals surface area contributed by atoms with E-state index in [1.54, 1.807) is 6.26 Å². The summed E-state index contributed by atoms with van der Waals surface area (Å²) in [6.07, 6.45) is 2.78. The van der Waals surface area contributed by atoms with Crippen molar-refractivity contribution in [1.29, 1.82) is 0 Å². The zero-order valence-corrected chi connectivity index (χ0v) is 13.4. The van der Waals surface area contributed by atoms with E-state index in [1.807, 2.05) is 24.3 Å². The molecule has 1 aliphatic rings. The summed E-state index contributed by atoms with van der Waals surface area (Å²) in [7, 11) is 0. The maximum atomic E-state index is 5.84. The largest absolute Gasteiger partial charge is 0.489 e. The zero-order valence-electron chi connectivity index (χ0n) is 13.4. The summed E-state index contributed by atoms with van der Waals surface area (Å²) in [5.74, 6) is 1.50. The Morgan fingerprint density at radius 3 is 2.62 bits per heavy atom. The summed E-state index contributed by atoms with van der Waals surface area (Å²) in [5, 5.41) is 7.43. The summed E-state index contributed by atoms with van der Waals surface area (Å²) in [4.78, 5) is 0. The van der Waals surface area contributed by atoms with Gasteiger partial charge in [-0.1, -0.05) is 47.6 Å². The molecule has 1 heterocycles. The van der Waals surface area contributed by atoms with Gasteiger partial charge in [0, 0.05) is 24.6 Å². The second kappa shape index (κ2) is 6.89. The molecule has 1 saturated carbocycles. The summed E-state index contributed by atoms with van der Waals surface area (Å²) in [6.45, 7) is 1.36. The molecule has 4 heteroatoms. The van der Waals surface area contributed by atoms with Crippen molar-refractivity contribution in [3.63, 3.8) is 0 Å². The predicted octanol–water partition coefficient (Wildman–Crippen LogP) is 3.90. The molecule has 0 saturated heterocycles. The van der Waals surface area contributed by atoms with Crippen LogP contribution < -0.4 is 10.1 Å². The molecule has 0 radical (unpaired) electrons. The zero-order chi connectivity index (χ0) is 16.2. The Bertz CT molecular complexity index is 754. The van der Waals surface area contributed by atoms with Crippen LogP contribution in [0.3, 0.4) is 0 Å². The highest BCUT2D eigenvalue weighted by Crippen LogP contribution is 2.41. The lowest BCUT2D eigenvalue weighted by molar-refractivity contribution is 0.306. The Hall–Kier alpha value is -2.59. The van der Waals surface area contributed by atoms with Gasteiger partial charge in [0.1, 0.15) is 18.6 Å². The van der Waals surface area contributed by atoms with Crippen LogP contribution in [0.4, 0.5) is 0 Å². The number of rotatable bonds is 7. The molecule has 24 heavy (non-hydrogen) atoms. The van der Waals surface area contributed by atoms with Gasteiger partial charge < -0.3 is 14.6 Å². The minimum absolute atomic E-state index is 0.526. The fourth-order valence-electron chi connectivity index (χ4n) is 2.91. The van der Waals surface area contributed by atoms with Gasteiger partial charge in [0.15, 0.2) is 0 Å². The van der Waals surface area contributed by atoms with Crippen LogP contribution in [-0.2, 0) is 13.2 Å². The lowest BCUT2D eigenvalue weighted by atomic mass is 10.1. The third-order valence-corrected chi connectivity index (χ3v) is 4.38. The Kier molecular flexibility index (Phi) is 4.30. The van der Waals surface area contributed by atoms with Gasteiger partial charge >= 0.3 is 0 Å². The minimum atomic E-state index is 0.526. The van der Waals surface area contributed by atoms with E-state index in [2.05, 4.69) is 46.9 Å². The third kappa shape index (κ3) is 3.66. The maximum Gasteiger partial charge on any atom is 0.124 e. The second-order valence-electron chi connectivity index (χ2n) is 6.16. The van der Waals surface area contributed by atoms with Gasteiger partial charge in [0.2, 0.25) is 0 Å². The van der Waals surface area contributed by atoms with Crippen molar-refractivity contribution in [1.82, 2.24) is 10.5 Å². The highest BCUT2D eigenvalue weighted by molar-refractivity contribution is 5.34. The van der Waals surface area contributed by atoms with E-state index in [0.29, 0.717) is 18.6 Å². The Morgan fingerprint density at radius 1 is 1.04 bits per heavy atom. The number of benzene rings is 2. The molecule has 1 fully saturated rings. The van der Waals surface area contributed by atoms with Gasteiger partial charge in [-0.15, -0.1) is 0 Å². The molecule has 0 unspecified atom stereocenters. The molecule has 0 bridgehead atoms. The van der Waals surface area contributed by atoms with E-state index < -0.39 is 0 Å². The molecular formula is C20H20N2O2. The molecule has 3 aromatic rings. The van der Waals surface area contributed by atoms with Gasteiger partial charge in [-0.3, -0.25) is 0 Å². The third-order valence-electron chi connectivity index (χ3n) is 4.38. The van der Waals surface area contributed by atoms with Crippen molar-refractivity contribution < 1.29 is 9.26 Å². The van der Waals surface area contributed by atoms with Gasteiger partial charge in [0.25, 0.3) is 0 Å². The topological polar surface area (TPSA) is 47.3 Å². The Morgan fingerprint density at radius 2 is 1.88 bits per heavy atom. The van der Waals surface area contributed by atoms with Crippen LogP contribution in [0.5, 0.6) is 5.75 Å². The average molecular weight is 320 g/mol. The van der Waals surface area contributed by atoms with Crippen molar-refractivity contribution in [2.24, 2.45) is 0 Å². The summed E-state index contributed by atoms with van der Waals surface area (Å²) >= 11 is 0. The molecule has 1 aliphatic carbocycles. The molecule has 4 nitrogen and oxygen atoms in total. The van der Waals surface area contributed by atoms with Crippen LogP contribution in [0.1, 0.15) is 29.2 Å². The van der Waals surface area contributed by atoms with Crippen molar-refractivity contribution in [2.45, 2.75) is 31.5 Å². The standard InChI is InChI=1S/C20H20N2O2/c1-2-4-15(5-3-1)14-23-18-8-6-16(7-9-18)19-12-20(19)21-13-17-10-11-24-22-17/h1-11,19-21H,12-14H2/t19-,20+/m0/s1. The van der Waals surface area contributed by atoms with E-state index in [1.165, 1.54) is 17.5 Å². The van der Waals surface area contributed by atoms with Crippen molar-refractivity contribution >= 4 is 0 Å². The van der Waals surface area contributed by atoms with Crippen LogP contribution in [0.25, 0.3) is 0 Å². The normalized spacial score (nSPS) is 19.2. The van der Waals surface area contributed by atoms with Gasteiger partial charge in [0.05, 0.1) is 5.69 Å². The first kappa shape index (κ1) is 15.0. The van der Waals surface area contributed by atoms with E-state index in [-0.39, 0.29) is 0 Å². The van der Waals surface area contributed by atoms with E-state index >= 15 is 0 Å². The molecule has 2 atom stereocenters. The number of nitrogens with zero attached hydrogens (tertiary/aromatic N) is 1. The minimum Gasteiger partial charge on any atom is -0.489 e. The molecule has 1 N–H and O–H groups in total. The van der Waals surface area contributed by atoms with Crippen molar-refractivity contribution in [2.75, 3.05) is 0 Å². The van der Waals surface area contributed by atoms with E-state index in [9.17, 15) is 0 Å². The highest BCUT2D eigenvalue weighted by Gasteiger charge is 2.37. The predicted molar refractivity (Wildman–Crippen MR) is 91.7 cm³/mol. The number of aromatic nitrogens is 1. The smallest absolute Gasteiger partial charge is 0.124 e. The molecule has 0 amide bonds. The van der Waals surface area contributed by atoms with E-state index in [4.69, 9.17) is 9.26 Å². The first-order valence-corrected chi connectivity index (χ1v) is 8.28. The monoisotopic (exact) mass is 320 g/mol. The van der Waals surface area contributed by atoms with E-state index in [0.717, 1.165) is 18.0 Å².